The second-order valence-electron chi connectivity index (χ2n) is 6.40. The Labute approximate surface area is 160 Å². The van der Waals surface area contributed by atoms with E-state index >= 15 is 0 Å². The van der Waals surface area contributed by atoms with Gasteiger partial charge in [-0.05, 0) is 35.7 Å². The molecular formula is C20H25ClFN3O. The van der Waals surface area contributed by atoms with Crippen molar-refractivity contribution in [1.82, 2.24) is 10.6 Å². The van der Waals surface area contributed by atoms with Crippen LogP contribution in [-0.2, 0) is 17.8 Å². The van der Waals surface area contributed by atoms with Gasteiger partial charge in [-0.15, -0.1) is 12.4 Å². The van der Waals surface area contributed by atoms with Gasteiger partial charge in [0.2, 0.25) is 5.91 Å². The van der Waals surface area contributed by atoms with Gasteiger partial charge in [0.05, 0.1) is 12.1 Å². The number of carbonyl (C=O) groups excluding carboxylic acids is 1. The number of nitrogens with one attached hydrogen (secondary N) is 2. The minimum absolute atomic E-state index is 0. The van der Waals surface area contributed by atoms with E-state index in [-0.39, 0.29) is 24.1 Å². The van der Waals surface area contributed by atoms with Gasteiger partial charge in [0.15, 0.2) is 0 Å². The van der Waals surface area contributed by atoms with Crippen LogP contribution in [0.2, 0.25) is 0 Å². The maximum Gasteiger partial charge on any atom is 0.224 e. The molecule has 0 bridgehead atoms. The van der Waals surface area contributed by atoms with Crippen LogP contribution in [0, 0.1) is 12.7 Å². The first-order valence-electron chi connectivity index (χ1n) is 8.69. The van der Waals surface area contributed by atoms with Crippen LogP contribution in [-0.4, -0.2) is 32.1 Å². The van der Waals surface area contributed by atoms with Crippen molar-refractivity contribution in [3.63, 3.8) is 0 Å². The highest BCUT2D eigenvalue weighted by molar-refractivity contribution is 5.85. The molecule has 1 fully saturated rings. The molecular weight excluding hydrogens is 353 g/mol. The molecule has 1 aliphatic heterocycles. The molecule has 2 aromatic carbocycles. The zero-order chi connectivity index (χ0) is 17.6. The monoisotopic (exact) mass is 377 g/mol. The number of nitrogens with zero attached hydrogens (tertiary/aromatic N) is 1. The lowest BCUT2D eigenvalue weighted by Crippen LogP contribution is -2.43. The molecule has 3 rings (SSSR count). The summed E-state index contributed by atoms with van der Waals surface area (Å²) in [7, 11) is 0. The van der Waals surface area contributed by atoms with Crippen LogP contribution in [0.25, 0.3) is 0 Å². The zero-order valence-corrected chi connectivity index (χ0v) is 15.7. The van der Waals surface area contributed by atoms with E-state index in [9.17, 15) is 9.18 Å². The maximum atomic E-state index is 14.4. The van der Waals surface area contributed by atoms with E-state index in [0.29, 0.717) is 18.7 Å². The number of halogens is 2. The largest absolute Gasteiger partial charge is 0.367 e. The van der Waals surface area contributed by atoms with Crippen LogP contribution in [0.5, 0.6) is 0 Å². The average molecular weight is 378 g/mol. The van der Waals surface area contributed by atoms with Gasteiger partial charge in [-0.1, -0.05) is 30.3 Å². The smallest absolute Gasteiger partial charge is 0.224 e. The first-order valence-corrected chi connectivity index (χ1v) is 8.69. The quantitative estimate of drug-likeness (QED) is 0.842. The summed E-state index contributed by atoms with van der Waals surface area (Å²) < 4.78 is 14.4. The molecule has 1 heterocycles. The molecule has 0 radical (unpaired) electrons. The lowest BCUT2D eigenvalue weighted by atomic mass is 10.1. The molecule has 0 saturated carbocycles. The molecule has 2 aromatic rings. The molecule has 4 nitrogen and oxygen atoms in total. The SMILES string of the molecule is Cc1ccccc1CC(=O)NCc1ccc(N2CCNCC2)c(F)c1.Cl. The number of rotatable bonds is 5. The van der Waals surface area contributed by atoms with Crippen LogP contribution >= 0.6 is 12.4 Å². The lowest BCUT2D eigenvalue weighted by Gasteiger charge is -2.29. The Morgan fingerprint density at radius 2 is 1.92 bits per heavy atom. The third-order valence-electron chi connectivity index (χ3n) is 4.57. The van der Waals surface area contributed by atoms with Gasteiger partial charge in [0, 0.05) is 32.7 Å². The summed E-state index contributed by atoms with van der Waals surface area (Å²) in [6.07, 6.45) is 0.341. The van der Waals surface area contributed by atoms with Crippen molar-refractivity contribution in [3.8, 4) is 0 Å². The van der Waals surface area contributed by atoms with Crippen molar-refractivity contribution in [2.75, 3.05) is 31.1 Å². The first kappa shape index (κ1) is 20.2. The van der Waals surface area contributed by atoms with Gasteiger partial charge >= 0.3 is 0 Å². The summed E-state index contributed by atoms with van der Waals surface area (Å²) in [5.41, 5.74) is 3.52. The van der Waals surface area contributed by atoms with Gasteiger partial charge in [0.1, 0.15) is 5.82 Å². The van der Waals surface area contributed by atoms with Crippen LogP contribution in [0.3, 0.4) is 0 Å². The van der Waals surface area contributed by atoms with Gasteiger partial charge in [-0.2, -0.15) is 0 Å². The number of piperazine rings is 1. The summed E-state index contributed by atoms with van der Waals surface area (Å²) >= 11 is 0. The number of benzene rings is 2. The topological polar surface area (TPSA) is 44.4 Å². The molecule has 1 saturated heterocycles. The molecule has 0 spiro atoms. The summed E-state index contributed by atoms with van der Waals surface area (Å²) in [5.74, 6) is -0.284. The number of hydrogen-bond donors (Lipinski definition) is 2. The lowest BCUT2D eigenvalue weighted by molar-refractivity contribution is -0.120. The first-order chi connectivity index (χ1) is 12.1. The van der Waals surface area contributed by atoms with E-state index in [1.54, 1.807) is 0 Å². The highest BCUT2D eigenvalue weighted by Gasteiger charge is 2.15. The summed E-state index contributed by atoms with van der Waals surface area (Å²) in [4.78, 5) is 14.2. The fraction of sp³-hybridized carbons (Fsp3) is 0.350. The van der Waals surface area contributed by atoms with Crippen molar-refractivity contribution >= 4 is 24.0 Å². The molecule has 1 amide bonds. The van der Waals surface area contributed by atoms with E-state index in [2.05, 4.69) is 10.6 Å². The Bertz CT molecular complexity index is 748. The highest BCUT2D eigenvalue weighted by Crippen LogP contribution is 2.21. The van der Waals surface area contributed by atoms with Gasteiger partial charge in [-0.3, -0.25) is 4.79 Å². The minimum Gasteiger partial charge on any atom is -0.367 e. The van der Waals surface area contributed by atoms with Crippen LogP contribution in [0.15, 0.2) is 42.5 Å². The van der Waals surface area contributed by atoms with Crippen molar-refractivity contribution < 1.29 is 9.18 Å². The number of amides is 1. The molecule has 0 unspecified atom stereocenters. The Hall–Kier alpha value is -2.11. The van der Waals surface area contributed by atoms with E-state index in [0.717, 1.165) is 42.9 Å². The molecule has 1 aliphatic rings. The molecule has 2 N–H and O–H groups in total. The fourth-order valence-electron chi connectivity index (χ4n) is 3.07. The Kier molecular flexibility index (Phi) is 7.42. The number of aryl methyl sites for hydroxylation is 1. The maximum absolute atomic E-state index is 14.4. The van der Waals surface area contributed by atoms with Crippen molar-refractivity contribution in [2.24, 2.45) is 0 Å². The molecule has 26 heavy (non-hydrogen) atoms. The van der Waals surface area contributed by atoms with E-state index < -0.39 is 0 Å². The van der Waals surface area contributed by atoms with Gasteiger partial charge < -0.3 is 15.5 Å². The third kappa shape index (κ3) is 5.19. The number of hydrogen-bond acceptors (Lipinski definition) is 3. The van der Waals surface area contributed by atoms with Gasteiger partial charge in [0.25, 0.3) is 0 Å². The molecule has 0 aromatic heterocycles. The Morgan fingerprint density at radius 1 is 1.19 bits per heavy atom. The summed E-state index contributed by atoms with van der Waals surface area (Å²) in [5, 5.41) is 6.13. The molecule has 0 aliphatic carbocycles. The van der Waals surface area contributed by atoms with Crippen LogP contribution in [0.4, 0.5) is 10.1 Å². The Balaban J connectivity index is 0.00000243. The average Bonchev–Trinajstić information content (AvgIpc) is 2.63. The molecule has 140 valence electrons. The summed E-state index contributed by atoms with van der Waals surface area (Å²) in [6, 6.07) is 13.0. The van der Waals surface area contributed by atoms with Crippen molar-refractivity contribution in [2.45, 2.75) is 19.9 Å². The third-order valence-corrected chi connectivity index (χ3v) is 4.57. The number of carbonyl (C=O) groups is 1. The van der Waals surface area contributed by atoms with Crippen LogP contribution < -0.4 is 15.5 Å². The Morgan fingerprint density at radius 3 is 2.62 bits per heavy atom. The normalized spacial score (nSPS) is 13.8. The van der Waals surface area contributed by atoms with Gasteiger partial charge in [-0.25, -0.2) is 4.39 Å². The summed E-state index contributed by atoms with van der Waals surface area (Å²) in [6.45, 7) is 5.69. The standard InChI is InChI=1S/C20H24FN3O.ClH/c1-15-4-2-3-5-17(15)13-20(25)23-14-16-6-7-19(18(21)12-16)24-10-8-22-9-11-24;/h2-7,12,22H,8-11,13-14H2,1H3,(H,23,25);1H. The van der Waals surface area contributed by atoms with Crippen LogP contribution in [0.1, 0.15) is 16.7 Å². The second kappa shape index (κ2) is 9.55. The molecule has 0 atom stereocenters. The predicted octanol–water partition coefficient (Wildman–Crippen LogP) is 2.82. The second-order valence-corrected chi connectivity index (χ2v) is 6.40. The fourth-order valence-corrected chi connectivity index (χ4v) is 3.07. The zero-order valence-electron chi connectivity index (χ0n) is 14.9. The number of anilines is 1. The van der Waals surface area contributed by atoms with E-state index in [4.69, 9.17) is 0 Å². The van der Waals surface area contributed by atoms with Crippen molar-refractivity contribution in [3.05, 3.63) is 65.0 Å². The van der Waals surface area contributed by atoms with Crippen molar-refractivity contribution in [1.29, 1.82) is 0 Å². The van der Waals surface area contributed by atoms with E-state index in [1.165, 1.54) is 6.07 Å². The highest BCUT2D eigenvalue weighted by atomic mass is 35.5. The molecule has 6 heteroatoms. The van der Waals surface area contributed by atoms with E-state index in [1.807, 2.05) is 48.2 Å². The minimum atomic E-state index is -0.229. The predicted molar refractivity (Wildman–Crippen MR) is 105 cm³/mol.